The van der Waals surface area contributed by atoms with Crippen molar-refractivity contribution < 1.29 is 22.8 Å². The molecule has 4 rings (SSSR count). The van der Waals surface area contributed by atoms with Gasteiger partial charge in [0.15, 0.2) is 5.82 Å². The lowest BCUT2D eigenvalue weighted by Gasteiger charge is -2.30. The number of piperidine rings is 1. The number of nitrogens with one attached hydrogen (secondary N) is 2. The molecule has 1 aliphatic heterocycles. The molecular weight excluding hydrogens is 385 g/mol. The summed E-state index contributed by atoms with van der Waals surface area (Å²) in [4.78, 5) is 17.5. The molecule has 0 aliphatic carbocycles. The number of alkyl halides is 3. The maximum Gasteiger partial charge on any atom is 0.432 e. The highest BCUT2D eigenvalue weighted by Gasteiger charge is 2.31. The number of aromatic nitrogens is 2. The van der Waals surface area contributed by atoms with E-state index in [0.717, 1.165) is 17.0 Å². The third-order valence-corrected chi connectivity index (χ3v) is 5.04. The third kappa shape index (κ3) is 4.34. The van der Waals surface area contributed by atoms with Crippen LogP contribution in [0.15, 0.2) is 48.5 Å². The molecule has 29 heavy (non-hydrogen) atoms. The SMILES string of the molecule is O=C(Nc1n[nH]c2ccccc12)ON1CCC(c2cccc(C(F)(F)F)c2)CC1. The smallest absolute Gasteiger partial charge is 0.351 e. The first-order valence-corrected chi connectivity index (χ1v) is 9.24. The fourth-order valence-corrected chi connectivity index (χ4v) is 3.54. The van der Waals surface area contributed by atoms with Gasteiger partial charge in [0.05, 0.1) is 11.1 Å². The Kier molecular flexibility index (Phi) is 5.14. The Morgan fingerprint density at radius 2 is 1.90 bits per heavy atom. The highest BCUT2D eigenvalue weighted by molar-refractivity contribution is 5.96. The maximum absolute atomic E-state index is 12.9. The third-order valence-electron chi connectivity index (χ3n) is 5.04. The summed E-state index contributed by atoms with van der Waals surface area (Å²) in [6.07, 6.45) is -3.81. The van der Waals surface area contributed by atoms with Gasteiger partial charge in [0.2, 0.25) is 0 Å². The number of hydrogen-bond donors (Lipinski definition) is 2. The van der Waals surface area contributed by atoms with Crippen LogP contribution in [0, 0.1) is 0 Å². The zero-order chi connectivity index (χ0) is 20.4. The van der Waals surface area contributed by atoms with Gasteiger partial charge in [0.1, 0.15) is 0 Å². The molecule has 1 aliphatic rings. The molecule has 2 heterocycles. The van der Waals surface area contributed by atoms with E-state index in [4.69, 9.17) is 4.84 Å². The molecule has 0 radical (unpaired) electrons. The second-order valence-corrected chi connectivity index (χ2v) is 6.95. The summed E-state index contributed by atoms with van der Waals surface area (Å²) in [7, 11) is 0. The lowest BCUT2D eigenvalue weighted by atomic mass is 9.89. The Morgan fingerprint density at radius 3 is 2.66 bits per heavy atom. The number of amides is 1. The highest BCUT2D eigenvalue weighted by atomic mass is 19.4. The number of anilines is 1. The van der Waals surface area contributed by atoms with Crippen molar-refractivity contribution in [2.24, 2.45) is 0 Å². The Balaban J connectivity index is 1.32. The topological polar surface area (TPSA) is 70.2 Å². The van der Waals surface area contributed by atoms with Crippen LogP contribution in [0.2, 0.25) is 0 Å². The van der Waals surface area contributed by atoms with E-state index in [-0.39, 0.29) is 5.92 Å². The van der Waals surface area contributed by atoms with Crippen molar-refractivity contribution in [3.05, 3.63) is 59.7 Å². The number of rotatable bonds is 3. The van der Waals surface area contributed by atoms with Crippen molar-refractivity contribution >= 4 is 22.8 Å². The molecule has 0 atom stereocenters. The van der Waals surface area contributed by atoms with Crippen LogP contribution in [0.3, 0.4) is 0 Å². The maximum atomic E-state index is 12.9. The van der Waals surface area contributed by atoms with Gasteiger partial charge in [-0.25, -0.2) is 4.79 Å². The van der Waals surface area contributed by atoms with Crippen LogP contribution in [-0.4, -0.2) is 34.4 Å². The fraction of sp³-hybridized carbons (Fsp3) is 0.300. The van der Waals surface area contributed by atoms with Crippen LogP contribution in [-0.2, 0) is 11.0 Å². The number of nitrogens with zero attached hydrogens (tertiary/aromatic N) is 2. The fourth-order valence-electron chi connectivity index (χ4n) is 3.54. The highest BCUT2D eigenvalue weighted by Crippen LogP contribution is 2.34. The zero-order valence-electron chi connectivity index (χ0n) is 15.4. The number of H-pyrrole nitrogens is 1. The Bertz CT molecular complexity index is 1010. The molecule has 0 unspecified atom stereocenters. The Hall–Kier alpha value is -3.07. The Labute approximate surface area is 164 Å². The van der Waals surface area contributed by atoms with Gasteiger partial charge in [0, 0.05) is 18.5 Å². The molecule has 1 saturated heterocycles. The van der Waals surface area contributed by atoms with Crippen molar-refractivity contribution in [3.8, 4) is 0 Å². The molecule has 9 heteroatoms. The monoisotopic (exact) mass is 404 g/mol. The first-order valence-electron chi connectivity index (χ1n) is 9.24. The second kappa shape index (κ2) is 7.75. The predicted octanol–water partition coefficient (Wildman–Crippen LogP) is 4.92. The van der Waals surface area contributed by atoms with Crippen LogP contribution >= 0.6 is 0 Å². The van der Waals surface area contributed by atoms with E-state index in [9.17, 15) is 18.0 Å². The summed E-state index contributed by atoms with van der Waals surface area (Å²) < 4.78 is 38.7. The molecule has 3 aromatic rings. The van der Waals surface area contributed by atoms with E-state index >= 15 is 0 Å². The largest absolute Gasteiger partial charge is 0.432 e. The molecule has 2 N–H and O–H groups in total. The van der Waals surface area contributed by atoms with Crippen LogP contribution in [0.25, 0.3) is 10.9 Å². The van der Waals surface area contributed by atoms with E-state index in [1.165, 1.54) is 17.2 Å². The summed E-state index contributed by atoms with van der Waals surface area (Å²) >= 11 is 0. The number of carbonyl (C=O) groups excluding carboxylic acids is 1. The minimum Gasteiger partial charge on any atom is -0.351 e. The van der Waals surface area contributed by atoms with Crippen LogP contribution < -0.4 is 5.32 Å². The first-order chi connectivity index (χ1) is 13.9. The molecule has 1 aromatic heterocycles. The number of aromatic amines is 1. The van der Waals surface area contributed by atoms with Gasteiger partial charge in [-0.1, -0.05) is 30.3 Å². The first kappa shape index (κ1) is 19.3. The molecule has 0 spiro atoms. The lowest BCUT2D eigenvalue weighted by Crippen LogP contribution is -2.36. The summed E-state index contributed by atoms with van der Waals surface area (Å²) in [6, 6.07) is 12.8. The van der Waals surface area contributed by atoms with Gasteiger partial charge >= 0.3 is 12.3 Å². The van der Waals surface area contributed by atoms with Crippen molar-refractivity contribution in [2.75, 3.05) is 18.4 Å². The molecular formula is C20H19F3N4O2. The molecule has 6 nitrogen and oxygen atoms in total. The average molecular weight is 404 g/mol. The molecule has 0 saturated carbocycles. The van der Waals surface area contributed by atoms with E-state index in [1.807, 2.05) is 24.3 Å². The Morgan fingerprint density at radius 1 is 1.14 bits per heavy atom. The minimum absolute atomic E-state index is 0.00417. The van der Waals surface area contributed by atoms with Crippen molar-refractivity contribution in [3.63, 3.8) is 0 Å². The average Bonchev–Trinajstić information content (AvgIpc) is 3.11. The van der Waals surface area contributed by atoms with Crippen LogP contribution in [0.1, 0.15) is 29.9 Å². The van der Waals surface area contributed by atoms with E-state index in [2.05, 4.69) is 15.5 Å². The van der Waals surface area contributed by atoms with Gasteiger partial charge in [-0.2, -0.15) is 18.3 Å². The standard InChI is InChI=1S/C20H19F3N4O2/c21-20(22,23)15-5-3-4-14(12-15)13-8-10-27(11-9-13)29-19(28)24-18-16-6-1-2-7-17(16)25-26-18/h1-7,12-13H,8-11H2,(H2,24,25,26,28). The van der Waals surface area contributed by atoms with Gasteiger partial charge in [-0.3, -0.25) is 10.4 Å². The van der Waals surface area contributed by atoms with Crippen molar-refractivity contribution in [2.45, 2.75) is 24.9 Å². The van der Waals surface area contributed by atoms with E-state index in [1.54, 1.807) is 6.07 Å². The van der Waals surface area contributed by atoms with E-state index < -0.39 is 17.8 Å². The zero-order valence-corrected chi connectivity index (χ0v) is 15.4. The quantitative estimate of drug-likeness (QED) is 0.650. The number of para-hydroxylation sites is 1. The van der Waals surface area contributed by atoms with Crippen molar-refractivity contribution in [1.82, 2.24) is 15.3 Å². The molecule has 1 fully saturated rings. The number of hydrogen-bond acceptors (Lipinski definition) is 4. The number of fused-ring (bicyclic) bond motifs is 1. The molecule has 1 amide bonds. The molecule has 2 aromatic carbocycles. The van der Waals surface area contributed by atoms with Crippen LogP contribution in [0.4, 0.5) is 23.8 Å². The molecule has 0 bridgehead atoms. The number of carbonyl (C=O) groups is 1. The van der Waals surface area contributed by atoms with E-state index in [0.29, 0.717) is 37.3 Å². The van der Waals surface area contributed by atoms with Gasteiger partial charge in [0.25, 0.3) is 0 Å². The number of halogens is 3. The van der Waals surface area contributed by atoms with Gasteiger partial charge in [-0.15, -0.1) is 5.06 Å². The summed E-state index contributed by atoms with van der Waals surface area (Å²) in [5.41, 5.74) is 0.816. The van der Waals surface area contributed by atoms with Crippen molar-refractivity contribution in [1.29, 1.82) is 0 Å². The minimum atomic E-state index is -4.35. The number of benzene rings is 2. The molecule has 152 valence electrons. The number of hydroxylamine groups is 2. The van der Waals surface area contributed by atoms with Gasteiger partial charge in [-0.05, 0) is 42.5 Å². The second-order valence-electron chi connectivity index (χ2n) is 6.95. The summed E-state index contributed by atoms with van der Waals surface area (Å²) in [5, 5.41) is 11.8. The predicted molar refractivity (Wildman–Crippen MR) is 101 cm³/mol. The normalized spacial score (nSPS) is 16.1. The lowest BCUT2D eigenvalue weighted by molar-refractivity contribution is -0.137. The summed E-state index contributed by atoms with van der Waals surface area (Å²) in [5.74, 6) is 0.375. The summed E-state index contributed by atoms with van der Waals surface area (Å²) in [6.45, 7) is 0.880. The van der Waals surface area contributed by atoms with Crippen LogP contribution in [0.5, 0.6) is 0 Å². The van der Waals surface area contributed by atoms with Gasteiger partial charge < -0.3 is 4.84 Å².